The molecule has 1 saturated heterocycles. The molecule has 3 unspecified atom stereocenters. The zero-order valence-electron chi connectivity index (χ0n) is 11.0. The van der Waals surface area contributed by atoms with E-state index >= 15 is 0 Å². The van der Waals surface area contributed by atoms with Gasteiger partial charge in [-0.15, -0.1) is 11.3 Å². The Hall–Kier alpha value is -0.450. The van der Waals surface area contributed by atoms with Crippen LogP contribution in [0.1, 0.15) is 43.1 Å². The van der Waals surface area contributed by atoms with Crippen LogP contribution in [0.3, 0.4) is 0 Å². The second-order valence-electron chi connectivity index (χ2n) is 4.94. The second-order valence-corrected chi connectivity index (χ2v) is 6.09. The highest BCUT2D eigenvalue weighted by atomic mass is 32.1. The Balaban J connectivity index is 1.82. The van der Waals surface area contributed by atoms with Crippen molar-refractivity contribution in [2.24, 2.45) is 5.92 Å². The van der Waals surface area contributed by atoms with Crippen LogP contribution in [0.25, 0.3) is 0 Å². The summed E-state index contributed by atoms with van der Waals surface area (Å²) in [5.41, 5.74) is 0. The summed E-state index contributed by atoms with van der Waals surface area (Å²) in [6.45, 7) is 8.94. The van der Waals surface area contributed by atoms with E-state index in [1.807, 2.05) is 17.5 Å². The fraction of sp³-hybridized carbons (Fsp3) is 0.769. The van der Waals surface area contributed by atoms with Gasteiger partial charge in [0.2, 0.25) is 0 Å². The van der Waals surface area contributed by atoms with Gasteiger partial charge in [-0.05, 0) is 39.2 Å². The van der Waals surface area contributed by atoms with Gasteiger partial charge in [-0.1, -0.05) is 6.92 Å². The fourth-order valence-corrected chi connectivity index (χ4v) is 3.18. The van der Waals surface area contributed by atoms with Gasteiger partial charge < -0.3 is 10.6 Å². The number of aromatic nitrogens is 1. The number of nitrogens with zero attached hydrogens (tertiary/aromatic N) is 1. The van der Waals surface area contributed by atoms with Crippen molar-refractivity contribution >= 4 is 11.3 Å². The van der Waals surface area contributed by atoms with Crippen molar-refractivity contribution in [1.82, 2.24) is 15.6 Å². The Morgan fingerprint density at radius 2 is 2.47 bits per heavy atom. The van der Waals surface area contributed by atoms with Gasteiger partial charge in [0.1, 0.15) is 5.01 Å². The number of thiazole rings is 1. The van der Waals surface area contributed by atoms with E-state index in [1.165, 1.54) is 22.9 Å². The summed E-state index contributed by atoms with van der Waals surface area (Å²) < 4.78 is 0. The van der Waals surface area contributed by atoms with Gasteiger partial charge in [-0.25, -0.2) is 4.98 Å². The summed E-state index contributed by atoms with van der Waals surface area (Å²) in [6.07, 6.45) is 4.39. The molecular formula is C13H23N3S. The lowest BCUT2D eigenvalue weighted by molar-refractivity contribution is 0.415. The molecule has 1 aromatic heterocycles. The molecule has 1 aliphatic rings. The van der Waals surface area contributed by atoms with Gasteiger partial charge in [0.15, 0.2) is 0 Å². The van der Waals surface area contributed by atoms with Crippen molar-refractivity contribution < 1.29 is 0 Å². The summed E-state index contributed by atoms with van der Waals surface area (Å²) in [5.74, 6) is 0.767. The van der Waals surface area contributed by atoms with Crippen molar-refractivity contribution in [1.29, 1.82) is 0 Å². The van der Waals surface area contributed by atoms with Crippen LogP contribution in [0.5, 0.6) is 0 Å². The maximum absolute atomic E-state index is 4.49. The van der Waals surface area contributed by atoms with E-state index in [4.69, 9.17) is 0 Å². The third-order valence-electron chi connectivity index (χ3n) is 3.67. The van der Waals surface area contributed by atoms with E-state index < -0.39 is 0 Å². The van der Waals surface area contributed by atoms with Gasteiger partial charge in [-0.2, -0.15) is 0 Å². The Morgan fingerprint density at radius 3 is 3.06 bits per heavy atom. The summed E-state index contributed by atoms with van der Waals surface area (Å²) in [7, 11) is 0. The van der Waals surface area contributed by atoms with E-state index in [-0.39, 0.29) is 0 Å². The zero-order valence-corrected chi connectivity index (χ0v) is 11.8. The molecule has 0 radical (unpaired) electrons. The van der Waals surface area contributed by atoms with Crippen LogP contribution >= 0.6 is 11.3 Å². The third kappa shape index (κ3) is 3.27. The highest BCUT2D eigenvalue weighted by Gasteiger charge is 2.23. The van der Waals surface area contributed by atoms with Crippen molar-refractivity contribution in [3.8, 4) is 0 Å². The molecule has 1 aliphatic heterocycles. The van der Waals surface area contributed by atoms with Crippen LogP contribution in [-0.2, 0) is 6.42 Å². The van der Waals surface area contributed by atoms with Crippen LogP contribution in [0, 0.1) is 5.92 Å². The molecule has 2 heterocycles. The molecule has 0 bridgehead atoms. The zero-order chi connectivity index (χ0) is 12.3. The molecule has 1 fully saturated rings. The molecule has 96 valence electrons. The molecule has 2 rings (SSSR count). The van der Waals surface area contributed by atoms with E-state index in [0.29, 0.717) is 12.1 Å². The average Bonchev–Trinajstić information content (AvgIpc) is 2.94. The average molecular weight is 253 g/mol. The van der Waals surface area contributed by atoms with Gasteiger partial charge >= 0.3 is 0 Å². The SMILES string of the molecule is CCc1cnc(C(C)NCC2CCNC2C)s1. The molecule has 0 amide bonds. The van der Waals surface area contributed by atoms with Crippen molar-refractivity contribution in [2.45, 2.75) is 45.7 Å². The topological polar surface area (TPSA) is 37.0 Å². The first-order valence-corrected chi connectivity index (χ1v) is 7.43. The monoisotopic (exact) mass is 253 g/mol. The molecule has 3 nitrogen and oxygen atoms in total. The Labute approximate surface area is 108 Å². The number of hydrogen-bond acceptors (Lipinski definition) is 4. The molecule has 0 spiro atoms. The highest BCUT2D eigenvalue weighted by molar-refractivity contribution is 7.11. The fourth-order valence-electron chi connectivity index (χ4n) is 2.29. The smallest absolute Gasteiger partial charge is 0.109 e. The Bertz CT molecular complexity index is 350. The first kappa shape index (κ1) is 13.0. The molecule has 1 aromatic rings. The third-order valence-corrected chi connectivity index (χ3v) is 4.99. The first-order valence-electron chi connectivity index (χ1n) is 6.62. The van der Waals surface area contributed by atoms with Crippen molar-refractivity contribution in [2.75, 3.05) is 13.1 Å². The quantitative estimate of drug-likeness (QED) is 0.846. The number of nitrogens with one attached hydrogen (secondary N) is 2. The summed E-state index contributed by atoms with van der Waals surface area (Å²) >= 11 is 1.84. The van der Waals surface area contributed by atoms with Crippen molar-refractivity contribution in [3.63, 3.8) is 0 Å². The summed E-state index contributed by atoms with van der Waals surface area (Å²) in [6, 6.07) is 1.03. The standard InChI is InChI=1S/C13H23N3S/c1-4-12-8-16-13(17-12)10(3)15-7-11-5-6-14-9(11)2/h8-11,14-15H,4-7H2,1-3H3. The van der Waals surface area contributed by atoms with Gasteiger partial charge in [0.25, 0.3) is 0 Å². The number of hydrogen-bond donors (Lipinski definition) is 2. The number of rotatable bonds is 5. The molecule has 0 aliphatic carbocycles. The Kier molecular flexibility index (Phi) is 4.54. The van der Waals surface area contributed by atoms with Crippen LogP contribution in [0.4, 0.5) is 0 Å². The minimum Gasteiger partial charge on any atom is -0.314 e. The normalized spacial score (nSPS) is 26.3. The molecule has 4 heteroatoms. The second kappa shape index (κ2) is 5.94. The molecule has 0 saturated carbocycles. The van der Waals surface area contributed by atoms with Gasteiger partial charge in [0.05, 0.1) is 6.04 Å². The van der Waals surface area contributed by atoms with Crippen LogP contribution < -0.4 is 10.6 Å². The minimum absolute atomic E-state index is 0.382. The molecule has 3 atom stereocenters. The van der Waals surface area contributed by atoms with Crippen LogP contribution in [0.15, 0.2) is 6.20 Å². The predicted octanol–water partition coefficient (Wildman–Crippen LogP) is 2.35. The van der Waals surface area contributed by atoms with Crippen molar-refractivity contribution in [3.05, 3.63) is 16.1 Å². The summed E-state index contributed by atoms with van der Waals surface area (Å²) in [4.78, 5) is 5.87. The van der Waals surface area contributed by atoms with E-state index in [0.717, 1.165) is 18.9 Å². The predicted molar refractivity (Wildman–Crippen MR) is 73.5 cm³/mol. The molecule has 17 heavy (non-hydrogen) atoms. The van der Waals surface area contributed by atoms with Gasteiger partial charge in [0, 0.05) is 23.7 Å². The lowest BCUT2D eigenvalue weighted by atomic mass is 10.0. The lowest BCUT2D eigenvalue weighted by Crippen LogP contribution is -2.32. The molecular weight excluding hydrogens is 230 g/mol. The number of aryl methyl sites for hydroxylation is 1. The minimum atomic E-state index is 0.382. The van der Waals surface area contributed by atoms with Crippen LogP contribution in [0.2, 0.25) is 0 Å². The largest absolute Gasteiger partial charge is 0.314 e. The maximum atomic E-state index is 4.49. The maximum Gasteiger partial charge on any atom is 0.109 e. The molecule has 0 aromatic carbocycles. The van der Waals surface area contributed by atoms with Crippen LogP contribution in [-0.4, -0.2) is 24.1 Å². The first-order chi connectivity index (χ1) is 8.20. The lowest BCUT2D eigenvalue weighted by Gasteiger charge is -2.18. The van der Waals surface area contributed by atoms with E-state index in [9.17, 15) is 0 Å². The van der Waals surface area contributed by atoms with E-state index in [1.54, 1.807) is 0 Å². The Morgan fingerprint density at radius 1 is 1.65 bits per heavy atom. The molecule has 2 N–H and O–H groups in total. The highest BCUT2D eigenvalue weighted by Crippen LogP contribution is 2.21. The summed E-state index contributed by atoms with van der Waals surface area (Å²) in [5, 5.41) is 8.33. The van der Waals surface area contributed by atoms with E-state index in [2.05, 4.69) is 36.4 Å². The van der Waals surface area contributed by atoms with Gasteiger partial charge in [-0.3, -0.25) is 0 Å².